The third-order valence-corrected chi connectivity index (χ3v) is 6.61. The van der Waals surface area contributed by atoms with Crippen LogP contribution >= 0.6 is 23.2 Å². The van der Waals surface area contributed by atoms with Gasteiger partial charge in [-0.3, -0.25) is 0 Å². The first-order valence-electron chi connectivity index (χ1n) is 8.74. The molecule has 0 saturated heterocycles. The van der Waals surface area contributed by atoms with Gasteiger partial charge in [-0.05, 0) is 49.2 Å². The topological polar surface area (TPSA) is 96.4 Å². The van der Waals surface area contributed by atoms with Gasteiger partial charge in [0.15, 0.2) is 15.5 Å². The molecule has 0 aliphatic heterocycles. The van der Waals surface area contributed by atoms with Gasteiger partial charge in [-0.15, -0.1) is 0 Å². The quantitative estimate of drug-likeness (QED) is 0.498. The van der Waals surface area contributed by atoms with Crippen molar-refractivity contribution in [2.24, 2.45) is 0 Å². The fraction of sp³-hybridized carbons (Fsp3) is 0.200. The van der Waals surface area contributed by atoms with E-state index >= 15 is 0 Å². The fourth-order valence-corrected chi connectivity index (χ4v) is 4.94. The third-order valence-electron chi connectivity index (χ3n) is 4.30. The summed E-state index contributed by atoms with van der Waals surface area (Å²) in [6.45, 7) is 2.15. The van der Waals surface area contributed by atoms with Gasteiger partial charge in [-0.25, -0.2) is 18.2 Å². The highest BCUT2D eigenvalue weighted by atomic mass is 35.5. The first-order valence-corrected chi connectivity index (χ1v) is 11.1. The summed E-state index contributed by atoms with van der Waals surface area (Å²) >= 11 is 12.3. The van der Waals surface area contributed by atoms with Crippen LogP contribution in [-0.4, -0.2) is 36.8 Å². The van der Waals surface area contributed by atoms with Gasteiger partial charge in [0.25, 0.3) is 0 Å². The molecule has 9 heteroatoms. The average molecular weight is 453 g/mol. The van der Waals surface area contributed by atoms with Crippen LogP contribution in [-0.2, 0) is 9.84 Å². The molecule has 152 valence electrons. The number of aromatic nitrogens is 1. The molecule has 0 fully saturated rings. The van der Waals surface area contributed by atoms with Crippen molar-refractivity contribution in [1.29, 1.82) is 0 Å². The predicted molar refractivity (Wildman–Crippen MR) is 115 cm³/mol. The lowest BCUT2D eigenvalue weighted by molar-refractivity contribution is 0.0691. The van der Waals surface area contributed by atoms with Crippen molar-refractivity contribution in [3.05, 3.63) is 63.8 Å². The van der Waals surface area contributed by atoms with E-state index < -0.39 is 15.8 Å². The Bertz CT molecular complexity index is 1200. The van der Waals surface area contributed by atoms with Crippen molar-refractivity contribution in [3.8, 4) is 0 Å². The van der Waals surface area contributed by atoms with E-state index in [1.54, 1.807) is 24.3 Å². The molecule has 2 aromatic carbocycles. The number of hydrogen-bond donors (Lipinski definition) is 2. The van der Waals surface area contributed by atoms with Crippen LogP contribution < -0.4 is 5.32 Å². The summed E-state index contributed by atoms with van der Waals surface area (Å²) in [6.07, 6.45) is 0.327. The number of benzene rings is 2. The molecule has 0 saturated carbocycles. The predicted octanol–water partition coefficient (Wildman–Crippen LogP) is 4.82. The highest BCUT2D eigenvalue weighted by Gasteiger charge is 2.16. The van der Waals surface area contributed by atoms with Crippen molar-refractivity contribution >= 4 is 55.6 Å². The lowest BCUT2D eigenvalue weighted by atomic mass is 10.1. The molecule has 0 bridgehead atoms. The normalized spacial score (nSPS) is 11.6. The van der Waals surface area contributed by atoms with E-state index in [4.69, 9.17) is 23.2 Å². The van der Waals surface area contributed by atoms with Crippen molar-refractivity contribution in [2.45, 2.75) is 18.2 Å². The molecule has 29 heavy (non-hydrogen) atoms. The number of nitrogens with zero attached hydrogens (tertiary/aromatic N) is 1. The van der Waals surface area contributed by atoms with Crippen molar-refractivity contribution in [1.82, 2.24) is 4.98 Å². The van der Waals surface area contributed by atoms with Crippen LogP contribution in [0, 0.1) is 6.92 Å². The number of pyridine rings is 1. The SMILES string of the molecule is Cc1cccc(S(=O)(=O)CCCNc2cc(C(=O)O)nc3cc(Cl)cc(Cl)c23)c1. The van der Waals surface area contributed by atoms with Crippen LogP contribution in [0.3, 0.4) is 0 Å². The van der Waals surface area contributed by atoms with Crippen molar-refractivity contribution in [3.63, 3.8) is 0 Å². The molecule has 1 aromatic heterocycles. The zero-order valence-electron chi connectivity index (χ0n) is 15.4. The zero-order valence-corrected chi connectivity index (χ0v) is 17.8. The number of sulfone groups is 1. The molecule has 0 aliphatic rings. The Morgan fingerprint density at radius 2 is 1.93 bits per heavy atom. The molecule has 1 heterocycles. The number of hydrogen-bond acceptors (Lipinski definition) is 5. The summed E-state index contributed by atoms with van der Waals surface area (Å²) in [5.41, 5.74) is 1.52. The van der Waals surface area contributed by atoms with Crippen LogP contribution in [0.25, 0.3) is 10.9 Å². The van der Waals surface area contributed by atoms with E-state index in [1.807, 2.05) is 13.0 Å². The highest BCUT2D eigenvalue weighted by Crippen LogP contribution is 2.33. The van der Waals surface area contributed by atoms with Gasteiger partial charge in [-0.2, -0.15) is 0 Å². The van der Waals surface area contributed by atoms with Gasteiger partial charge in [0.05, 0.1) is 21.2 Å². The number of fused-ring (bicyclic) bond motifs is 1. The molecule has 0 radical (unpaired) electrons. The third kappa shape index (κ3) is 4.98. The van der Waals surface area contributed by atoms with E-state index in [2.05, 4.69) is 10.3 Å². The highest BCUT2D eigenvalue weighted by molar-refractivity contribution is 7.91. The number of aromatic carboxylic acids is 1. The summed E-state index contributed by atoms with van der Waals surface area (Å²) in [7, 11) is -3.41. The van der Waals surface area contributed by atoms with Crippen LogP contribution in [0.4, 0.5) is 5.69 Å². The van der Waals surface area contributed by atoms with Crippen LogP contribution in [0.15, 0.2) is 47.4 Å². The number of carboxylic acids is 1. The summed E-state index contributed by atoms with van der Waals surface area (Å²) in [4.78, 5) is 15.7. The molecule has 6 nitrogen and oxygen atoms in total. The molecule has 0 aliphatic carbocycles. The number of carbonyl (C=O) groups is 1. The Kier molecular flexibility index (Phi) is 6.31. The first kappa shape index (κ1) is 21.4. The molecule has 3 aromatic rings. The second kappa shape index (κ2) is 8.57. The molecule has 0 atom stereocenters. The number of anilines is 1. The fourth-order valence-electron chi connectivity index (χ4n) is 2.95. The molecule has 0 spiro atoms. The van der Waals surface area contributed by atoms with Crippen molar-refractivity contribution in [2.75, 3.05) is 17.6 Å². The van der Waals surface area contributed by atoms with E-state index in [0.717, 1.165) is 5.56 Å². The van der Waals surface area contributed by atoms with E-state index in [-0.39, 0.29) is 16.3 Å². The zero-order chi connectivity index (χ0) is 21.2. The maximum Gasteiger partial charge on any atom is 0.354 e. The summed E-state index contributed by atoms with van der Waals surface area (Å²) in [5, 5.41) is 13.6. The second-order valence-corrected chi connectivity index (χ2v) is 9.51. The Morgan fingerprint density at radius 1 is 1.17 bits per heavy atom. The number of nitrogens with one attached hydrogen (secondary N) is 1. The number of aryl methyl sites for hydroxylation is 1. The second-order valence-electron chi connectivity index (χ2n) is 6.56. The van der Waals surface area contributed by atoms with E-state index in [9.17, 15) is 18.3 Å². The van der Waals surface area contributed by atoms with E-state index in [0.29, 0.717) is 39.6 Å². The number of rotatable bonds is 7. The number of halogens is 2. The first-order chi connectivity index (χ1) is 13.7. The lowest BCUT2D eigenvalue weighted by Gasteiger charge is -2.13. The maximum absolute atomic E-state index is 12.5. The van der Waals surface area contributed by atoms with Gasteiger partial charge in [0.1, 0.15) is 0 Å². The Morgan fingerprint density at radius 3 is 2.62 bits per heavy atom. The lowest BCUT2D eigenvalue weighted by Crippen LogP contribution is -2.12. The summed E-state index contributed by atoms with van der Waals surface area (Å²) in [6, 6.07) is 11.2. The Labute approximate surface area is 178 Å². The molecule has 2 N–H and O–H groups in total. The van der Waals surface area contributed by atoms with Gasteiger partial charge >= 0.3 is 5.97 Å². The van der Waals surface area contributed by atoms with Gasteiger partial charge in [0.2, 0.25) is 0 Å². The monoisotopic (exact) mass is 452 g/mol. The minimum atomic E-state index is -3.41. The number of carboxylic acid groups (broad SMARTS) is 1. The molecular formula is C20H18Cl2N2O4S. The largest absolute Gasteiger partial charge is 0.477 e. The van der Waals surface area contributed by atoms with Crippen LogP contribution in [0.5, 0.6) is 0 Å². The minimum absolute atomic E-state index is 0.0438. The summed E-state index contributed by atoms with van der Waals surface area (Å²) < 4.78 is 25.0. The molecule has 3 rings (SSSR count). The Hall–Kier alpha value is -2.35. The maximum atomic E-state index is 12.5. The van der Waals surface area contributed by atoms with Crippen LogP contribution in [0.2, 0.25) is 10.0 Å². The molecule has 0 unspecified atom stereocenters. The Balaban J connectivity index is 1.79. The van der Waals surface area contributed by atoms with Crippen molar-refractivity contribution < 1.29 is 18.3 Å². The molecular weight excluding hydrogens is 435 g/mol. The summed E-state index contributed by atoms with van der Waals surface area (Å²) in [5.74, 6) is -1.23. The van der Waals surface area contributed by atoms with Gasteiger partial charge < -0.3 is 10.4 Å². The van der Waals surface area contributed by atoms with Gasteiger partial charge in [-0.1, -0.05) is 35.3 Å². The minimum Gasteiger partial charge on any atom is -0.477 e. The van der Waals surface area contributed by atoms with E-state index in [1.165, 1.54) is 12.1 Å². The smallest absolute Gasteiger partial charge is 0.354 e. The van der Waals surface area contributed by atoms with Gasteiger partial charge in [0, 0.05) is 22.6 Å². The van der Waals surface area contributed by atoms with Crippen LogP contribution in [0.1, 0.15) is 22.5 Å². The standard InChI is InChI=1S/C20H18Cl2N2O4S/c1-12-4-2-5-14(8-12)29(27,28)7-3-6-23-16-11-18(20(25)26)24-17-10-13(21)9-15(22)19(16)17/h2,4-5,8-11H,3,6-7H2,1H3,(H,23,24)(H,25,26). The molecule has 0 amide bonds. The average Bonchev–Trinajstić information content (AvgIpc) is 2.64.